The molecule has 1 aliphatic heterocycles. The summed E-state index contributed by atoms with van der Waals surface area (Å²) in [4.78, 5) is 12.6. The van der Waals surface area contributed by atoms with E-state index in [0.717, 1.165) is 42.3 Å². The first-order chi connectivity index (χ1) is 9.57. The van der Waals surface area contributed by atoms with Crippen LogP contribution < -0.4 is 10.6 Å². The molecule has 2 N–H and O–H groups in total. The van der Waals surface area contributed by atoms with Crippen LogP contribution in [0.3, 0.4) is 0 Å². The topological polar surface area (TPSA) is 41.1 Å². The van der Waals surface area contributed by atoms with Gasteiger partial charge in [0.2, 0.25) is 5.91 Å². The highest BCUT2D eigenvalue weighted by Gasteiger charge is 2.40. The van der Waals surface area contributed by atoms with Gasteiger partial charge in [0.1, 0.15) is 0 Å². The van der Waals surface area contributed by atoms with Gasteiger partial charge < -0.3 is 10.6 Å². The van der Waals surface area contributed by atoms with Crippen LogP contribution in [0.2, 0.25) is 0 Å². The van der Waals surface area contributed by atoms with Gasteiger partial charge in [0.15, 0.2) is 0 Å². The molecule has 20 heavy (non-hydrogen) atoms. The van der Waals surface area contributed by atoms with E-state index < -0.39 is 0 Å². The van der Waals surface area contributed by atoms with Gasteiger partial charge >= 0.3 is 0 Å². The summed E-state index contributed by atoms with van der Waals surface area (Å²) in [5.74, 6) is 0.146. The van der Waals surface area contributed by atoms with Crippen molar-refractivity contribution in [3.05, 3.63) is 34.3 Å². The van der Waals surface area contributed by atoms with Crippen molar-refractivity contribution in [3.63, 3.8) is 0 Å². The monoisotopic (exact) mass is 338 g/mol. The molecule has 0 spiro atoms. The Kier molecular flexibility index (Phi) is 5.22. The third-order valence-corrected chi connectivity index (χ3v) is 4.60. The lowest BCUT2D eigenvalue weighted by Crippen LogP contribution is -2.53. The summed E-state index contributed by atoms with van der Waals surface area (Å²) in [6, 6.07) is 8.14. The van der Waals surface area contributed by atoms with Crippen LogP contribution in [0.1, 0.15) is 51.1 Å². The first-order valence-electron chi connectivity index (χ1n) is 7.39. The molecule has 0 aromatic heterocycles. The number of hydrogen-bond donors (Lipinski definition) is 2. The number of hydrogen-bond acceptors (Lipinski definition) is 2. The van der Waals surface area contributed by atoms with E-state index in [0.29, 0.717) is 0 Å². The van der Waals surface area contributed by atoms with Crippen molar-refractivity contribution in [3.8, 4) is 0 Å². The molecular weight excluding hydrogens is 316 g/mol. The van der Waals surface area contributed by atoms with E-state index in [2.05, 4.69) is 33.5 Å². The summed E-state index contributed by atoms with van der Waals surface area (Å²) < 4.78 is 1.06. The molecule has 1 aliphatic rings. The Morgan fingerprint density at radius 1 is 1.45 bits per heavy atom. The average molecular weight is 339 g/mol. The molecule has 0 saturated carbocycles. The zero-order valence-corrected chi connectivity index (χ0v) is 13.8. The Hall–Kier alpha value is -0.870. The predicted octanol–water partition coefficient (Wildman–Crippen LogP) is 3.55. The molecule has 1 fully saturated rings. The van der Waals surface area contributed by atoms with Gasteiger partial charge in [0, 0.05) is 4.47 Å². The van der Waals surface area contributed by atoms with Crippen molar-refractivity contribution in [2.45, 2.75) is 51.1 Å². The van der Waals surface area contributed by atoms with Crippen LogP contribution in [0, 0.1) is 0 Å². The lowest BCUT2D eigenvalue weighted by atomic mass is 9.90. The van der Waals surface area contributed by atoms with Crippen LogP contribution >= 0.6 is 15.9 Å². The van der Waals surface area contributed by atoms with E-state index in [-0.39, 0.29) is 17.5 Å². The van der Waals surface area contributed by atoms with Gasteiger partial charge in [-0.25, -0.2) is 0 Å². The fourth-order valence-electron chi connectivity index (χ4n) is 2.92. The molecule has 1 amide bonds. The van der Waals surface area contributed by atoms with Crippen LogP contribution in [-0.4, -0.2) is 18.0 Å². The van der Waals surface area contributed by atoms with Gasteiger partial charge in [-0.1, -0.05) is 41.4 Å². The molecule has 2 unspecified atom stereocenters. The molecule has 1 aromatic carbocycles. The molecule has 1 saturated heterocycles. The summed E-state index contributed by atoms with van der Waals surface area (Å²) in [5.41, 5.74) is 0.782. The van der Waals surface area contributed by atoms with E-state index >= 15 is 0 Å². The summed E-state index contributed by atoms with van der Waals surface area (Å²) in [6.45, 7) is 5.11. The van der Waals surface area contributed by atoms with Crippen LogP contribution in [0.5, 0.6) is 0 Å². The highest BCUT2D eigenvalue weighted by molar-refractivity contribution is 9.10. The maximum absolute atomic E-state index is 12.6. The van der Waals surface area contributed by atoms with Crippen molar-refractivity contribution in [1.29, 1.82) is 0 Å². The van der Waals surface area contributed by atoms with Gasteiger partial charge in [-0.3, -0.25) is 4.79 Å². The van der Waals surface area contributed by atoms with E-state index in [4.69, 9.17) is 0 Å². The number of amides is 1. The number of carbonyl (C=O) groups excluding carboxylic acids is 1. The second-order valence-electron chi connectivity index (χ2n) is 5.61. The van der Waals surface area contributed by atoms with Crippen LogP contribution in [-0.2, 0) is 4.79 Å². The largest absolute Gasteiger partial charge is 0.348 e. The molecule has 0 bridgehead atoms. The molecule has 1 heterocycles. The Morgan fingerprint density at radius 3 is 2.70 bits per heavy atom. The molecule has 4 heteroatoms. The third kappa shape index (κ3) is 3.41. The predicted molar refractivity (Wildman–Crippen MR) is 85.6 cm³/mol. The van der Waals surface area contributed by atoms with E-state index in [1.54, 1.807) is 0 Å². The molecule has 2 rings (SSSR count). The Bertz CT molecular complexity index is 452. The van der Waals surface area contributed by atoms with Gasteiger partial charge in [-0.05, 0) is 50.4 Å². The third-order valence-electron chi connectivity index (χ3n) is 4.07. The van der Waals surface area contributed by atoms with Crippen molar-refractivity contribution < 1.29 is 4.79 Å². The number of nitrogens with one attached hydrogen (secondary N) is 2. The molecule has 2 atom stereocenters. The maximum atomic E-state index is 12.6. The van der Waals surface area contributed by atoms with Crippen LogP contribution in [0.25, 0.3) is 0 Å². The van der Waals surface area contributed by atoms with Crippen molar-refractivity contribution >= 4 is 21.8 Å². The van der Waals surface area contributed by atoms with E-state index in [9.17, 15) is 4.79 Å². The second-order valence-corrected chi connectivity index (χ2v) is 6.52. The maximum Gasteiger partial charge on any atom is 0.240 e. The normalized spacial score (nSPS) is 23.6. The van der Waals surface area contributed by atoms with Gasteiger partial charge in [-0.2, -0.15) is 0 Å². The lowest BCUT2D eigenvalue weighted by Gasteiger charge is -2.29. The molecule has 0 radical (unpaired) electrons. The molecule has 110 valence electrons. The van der Waals surface area contributed by atoms with E-state index in [1.165, 1.54) is 0 Å². The first kappa shape index (κ1) is 15.5. The quantitative estimate of drug-likeness (QED) is 0.861. The van der Waals surface area contributed by atoms with Crippen molar-refractivity contribution in [2.75, 3.05) is 6.54 Å². The standard InChI is InChI=1S/C16H23BrN2O/c1-3-9-16(10-4-11-18-16)15(20)19-12(2)13-5-7-14(17)8-6-13/h5-8,12,18H,3-4,9-11H2,1-2H3,(H,19,20). The summed E-state index contributed by atoms with van der Waals surface area (Å²) in [7, 11) is 0. The Labute approximate surface area is 129 Å². The number of halogens is 1. The minimum atomic E-state index is -0.349. The fourth-order valence-corrected chi connectivity index (χ4v) is 3.19. The SMILES string of the molecule is CCCC1(C(=O)NC(C)c2ccc(Br)cc2)CCCN1. The second kappa shape index (κ2) is 6.72. The van der Waals surface area contributed by atoms with E-state index in [1.807, 2.05) is 31.2 Å². The van der Waals surface area contributed by atoms with Crippen LogP contribution in [0.4, 0.5) is 0 Å². The van der Waals surface area contributed by atoms with Crippen LogP contribution in [0.15, 0.2) is 28.7 Å². The lowest BCUT2D eigenvalue weighted by molar-refractivity contribution is -0.128. The summed E-state index contributed by atoms with van der Waals surface area (Å²) in [6.07, 6.45) is 3.96. The average Bonchev–Trinajstić information content (AvgIpc) is 2.89. The number of benzene rings is 1. The van der Waals surface area contributed by atoms with Gasteiger partial charge in [0.05, 0.1) is 11.6 Å². The molecule has 1 aromatic rings. The summed E-state index contributed by atoms with van der Waals surface area (Å²) >= 11 is 3.43. The first-order valence-corrected chi connectivity index (χ1v) is 8.18. The van der Waals surface area contributed by atoms with Crippen molar-refractivity contribution in [1.82, 2.24) is 10.6 Å². The highest BCUT2D eigenvalue weighted by Crippen LogP contribution is 2.26. The molecular formula is C16H23BrN2O. The smallest absolute Gasteiger partial charge is 0.240 e. The minimum Gasteiger partial charge on any atom is -0.348 e. The minimum absolute atomic E-state index is 0.0340. The fraction of sp³-hybridized carbons (Fsp3) is 0.562. The van der Waals surface area contributed by atoms with Gasteiger partial charge in [-0.15, -0.1) is 0 Å². The molecule has 0 aliphatic carbocycles. The van der Waals surface area contributed by atoms with Gasteiger partial charge in [0.25, 0.3) is 0 Å². The zero-order valence-electron chi connectivity index (χ0n) is 12.2. The summed E-state index contributed by atoms with van der Waals surface area (Å²) in [5, 5.41) is 6.58. The van der Waals surface area contributed by atoms with Crippen molar-refractivity contribution in [2.24, 2.45) is 0 Å². The number of rotatable bonds is 5. The highest BCUT2D eigenvalue weighted by atomic mass is 79.9. The zero-order chi connectivity index (χ0) is 14.6. The number of carbonyl (C=O) groups is 1. The molecule has 3 nitrogen and oxygen atoms in total. The Morgan fingerprint density at radius 2 is 2.15 bits per heavy atom. The Balaban J connectivity index is 2.04.